The van der Waals surface area contributed by atoms with Crippen LogP contribution in [0.5, 0.6) is 5.75 Å². The van der Waals surface area contributed by atoms with Gasteiger partial charge in [-0.3, -0.25) is 14.9 Å². The first-order valence-corrected chi connectivity index (χ1v) is 12.8. The Hall–Kier alpha value is -2.18. The second-order valence-corrected chi connectivity index (χ2v) is 11.7. The molecule has 0 radical (unpaired) electrons. The van der Waals surface area contributed by atoms with Crippen molar-refractivity contribution < 1.29 is 24.9 Å². The molecule has 184 valence electrons. The fourth-order valence-corrected chi connectivity index (χ4v) is 8.17. The zero-order valence-electron chi connectivity index (χ0n) is 20.2. The summed E-state index contributed by atoms with van der Waals surface area (Å²) in [5, 5.41) is 33.8. The lowest BCUT2D eigenvalue weighted by atomic mass is 9.46. The molecule has 0 saturated heterocycles. The molecule has 1 unspecified atom stereocenters. The number of phenolic OH excluding ortho intramolecular Hbond substituents is 1. The minimum Gasteiger partial charge on any atom is -0.508 e. The summed E-state index contributed by atoms with van der Waals surface area (Å²) in [6.45, 7) is 4.52. The van der Waals surface area contributed by atoms with Crippen LogP contribution in [0.2, 0.25) is 0 Å². The van der Waals surface area contributed by atoms with Crippen LogP contribution in [-0.4, -0.2) is 45.3 Å². The molecule has 34 heavy (non-hydrogen) atoms. The Morgan fingerprint density at radius 3 is 2.56 bits per heavy atom. The Labute approximate surface area is 201 Å². The summed E-state index contributed by atoms with van der Waals surface area (Å²) in [5.41, 5.74) is 1.72. The first-order chi connectivity index (χ1) is 16.1. The van der Waals surface area contributed by atoms with Crippen LogP contribution in [0, 0.1) is 28.6 Å². The Bertz CT molecular complexity index is 1000. The molecule has 0 aromatic heterocycles. The minimum atomic E-state index is -0.928. The number of benzene rings is 1. The standard InChI is InChI=1S/C28H37NO5/c1-27-12-11-22-20(21(27)9-10-25(27)32)8-5-17-14-19(31)15-24(28(17,22)2)29-23(26(33)34)13-16-3-6-18(30)7-4-16/h3-4,6-7,14,20-25,29-30,32H,5,8-13,15H2,1-2H3,(H,33,34)/t20-,21-,22-,23-,24?,25-,27-,28-/m0/s1. The van der Waals surface area contributed by atoms with Crippen LogP contribution in [0.1, 0.15) is 64.4 Å². The van der Waals surface area contributed by atoms with Crippen molar-refractivity contribution in [1.82, 2.24) is 5.32 Å². The van der Waals surface area contributed by atoms with E-state index in [1.807, 2.05) is 6.08 Å². The highest BCUT2D eigenvalue weighted by Crippen LogP contribution is 2.65. The summed E-state index contributed by atoms with van der Waals surface area (Å²) in [4.78, 5) is 25.0. The van der Waals surface area contributed by atoms with Crippen molar-refractivity contribution in [3.8, 4) is 5.75 Å². The highest BCUT2D eigenvalue weighted by molar-refractivity contribution is 5.92. The maximum atomic E-state index is 12.7. The maximum absolute atomic E-state index is 12.7. The third kappa shape index (κ3) is 3.70. The highest BCUT2D eigenvalue weighted by Gasteiger charge is 2.61. The predicted molar refractivity (Wildman–Crippen MR) is 128 cm³/mol. The van der Waals surface area contributed by atoms with Gasteiger partial charge >= 0.3 is 5.97 Å². The summed E-state index contributed by atoms with van der Waals surface area (Å²) in [7, 11) is 0. The van der Waals surface area contributed by atoms with E-state index < -0.39 is 12.0 Å². The SMILES string of the molecule is C[C@]12CC[C@H]3[C@@H](CCC4=CC(=O)CC(N[C@@H](Cc5ccc(O)cc5)C(=O)O)[C@@]43C)[C@@H]1CC[C@@H]2O. The average molecular weight is 468 g/mol. The van der Waals surface area contributed by atoms with E-state index in [4.69, 9.17) is 0 Å². The van der Waals surface area contributed by atoms with Gasteiger partial charge in [0, 0.05) is 17.9 Å². The third-order valence-corrected chi connectivity index (χ3v) is 10.1. The summed E-state index contributed by atoms with van der Waals surface area (Å²) >= 11 is 0. The van der Waals surface area contributed by atoms with Gasteiger partial charge in [-0.25, -0.2) is 0 Å². The number of aliphatic carboxylic acids is 1. The molecular formula is C28H37NO5. The van der Waals surface area contributed by atoms with Gasteiger partial charge in [-0.15, -0.1) is 0 Å². The van der Waals surface area contributed by atoms with Crippen molar-refractivity contribution >= 4 is 11.8 Å². The number of hydrogen-bond acceptors (Lipinski definition) is 5. The summed E-state index contributed by atoms with van der Waals surface area (Å²) in [5.74, 6) is 0.667. The molecule has 3 saturated carbocycles. The zero-order valence-corrected chi connectivity index (χ0v) is 20.2. The lowest BCUT2D eigenvalue weighted by Gasteiger charge is -2.60. The molecule has 6 heteroatoms. The number of ketones is 1. The van der Waals surface area contributed by atoms with Gasteiger partial charge in [0.15, 0.2) is 5.78 Å². The zero-order chi connectivity index (χ0) is 24.3. The van der Waals surface area contributed by atoms with Gasteiger partial charge in [0.25, 0.3) is 0 Å². The normalized spacial score (nSPS) is 40.0. The van der Waals surface area contributed by atoms with Gasteiger partial charge < -0.3 is 15.3 Å². The molecule has 4 aliphatic rings. The quantitative estimate of drug-likeness (QED) is 0.524. The van der Waals surface area contributed by atoms with Crippen LogP contribution in [-0.2, 0) is 16.0 Å². The number of carboxylic acids is 1. The van der Waals surface area contributed by atoms with Crippen LogP contribution in [0.3, 0.4) is 0 Å². The molecule has 0 aliphatic heterocycles. The van der Waals surface area contributed by atoms with Crippen LogP contribution in [0.4, 0.5) is 0 Å². The Kier molecular flexibility index (Phi) is 5.88. The lowest BCUT2D eigenvalue weighted by Crippen LogP contribution is -2.61. The Balaban J connectivity index is 1.44. The van der Waals surface area contributed by atoms with Crippen molar-refractivity contribution in [2.75, 3.05) is 0 Å². The number of carbonyl (C=O) groups is 2. The maximum Gasteiger partial charge on any atom is 0.321 e. The van der Waals surface area contributed by atoms with Gasteiger partial charge in [-0.05, 0) is 91.9 Å². The second kappa shape index (κ2) is 8.49. The molecule has 4 N–H and O–H groups in total. The van der Waals surface area contributed by atoms with Gasteiger partial charge in [-0.1, -0.05) is 31.6 Å². The summed E-state index contributed by atoms with van der Waals surface area (Å²) < 4.78 is 0. The molecule has 8 atom stereocenters. The fraction of sp³-hybridized carbons (Fsp3) is 0.643. The van der Waals surface area contributed by atoms with E-state index in [1.165, 1.54) is 5.57 Å². The number of aliphatic hydroxyl groups is 1. The van der Waals surface area contributed by atoms with E-state index in [0.29, 0.717) is 24.2 Å². The van der Waals surface area contributed by atoms with Crippen LogP contribution in [0.15, 0.2) is 35.9 Å². The van der Waals surface area contributed by atoms with E-state index in [1.54, 1.807) is 24.3 Å². The number of fused-ring (bicyclic) bond motifs is 5. The van der Waals surface area contributed by atoms with Crippen LogP contribution in [0.25, 0.3) is 0 Å². The fourth-order valence-electron chi connectivity index (χ4n) is 8.17. The summed E-state index contributed by atoms with van der Waals surface area (Å²) in [6, 6.07) is 5.58. The number of carboxylic acid groups (broad SMARTS) is 1. The molecule has 0 amide bonds. The number of hydrogen-bond donors (Lipinski definition) is 4. The largest absolute Gasteiger partial charge is 0.508 e. The number of aromatic hydroxyl groups is 1. The van der Waals surface area contributed by atoms with E-state index in [9.17, 15) is 24.9 Å². The Morgan fingerprint density at radius 2 is 1.85 bits per heavy atom. The van der Waals surface area contributed by atoms with Gasteiger partial charge in [0.05, 0.1) is 6.10 Å². The second-order valence-electron chi connectivity index (χ2n) is 11.7. The van der Waals surface area contributed by atoms with E-state index in [-0.39, 0.29) is 40.9 Å². The predicted octanol–water partition coefficient (Wildman–Crippen LogP) is 3.85. The molecule has 3 fully saturated rings. The molecule has 0 spiro atoms. The van der Waals surface area contributed by atoms with Gasteiger partial charge in [0.2, 0.25) is 0 Å². The minimum absolute atomic E-state index is 0.0192. The van der Waals surface area contributed by atoms with E-state index >= 15 is 0 Å². The molecule has 1 aromatic rings. The van der Waals surface area contributed by atoms with Crippen molar-refractivity contribution in [3.63, 3.8) is 0 Å². The molecule has 1 aromatic carbocycles. The molecular weight excluding hydrogens is 430 g/mol. The Morgan fingerprint density at radius 1 is 1.12 bits per heavy atom. The van der Waals surface area contributed by atoms with Crippen LogP contribution < -0.4 is 5.32 Å². The molecule has 5 rings (SSSR count). The topological polar surface area (TPSA) is 107 Å². The number of nitrogens with one attached hydrogen (secondary N) is 1. The summed E-state index contributed by atoms with van der Waals surface area (Å²) in [6.07, 6.45) is 8.07. The first-order valence-electron chi connectivity index (χ1n) is 12.8. The molecule has 4 aliphatic carbocycles. The van der Waals surface area contributed by atoms with Crippen molar-refractivity contribution in [3.05, 3.63) is 41.5 Å². The van der Waals surface area contributed by atoms with Crippen LogP contribution >= 0.6 is 0 Å². The van der Waals surface area contributed by atoms with Crippen molar-refractivity contribution in [1.29, 1.82) is 0 Å². The third-order valence-electron chi connectivity index (χ3n) is 10.1. The number of rotatable bonds is 5. The number of carbonyl (C=O) groups excluding carboxylic acids is 1. The number of aliphatic hydroxyl groups excluding tert-OH is 1. The molecule has 6 nitrogen and oxygen atoms in total. The van der Waals surface area contributed by atoms with Gasteiger partial charge in [0.1, 0.15) is 11.8 Å². The molecule has 0 bridgehead atoms. The lowest BCUT2D eigenvalue weighted by molar-refractivity contribution is -0.141. The van der Waals surface area contributed by atoms with Crippen molar-refractivity contribution in [2.45, 2.75) is 83.4 Å². The van der Waals surface area contributed by atoms with Crippen molar-refractivity contribution in [2.24, 2.45) is 28.6 Å². The van der Waals surface area contributed by atoms with E-state index in [0.717, 1.165) is 44.1 Å². The number of phenols is 1. The first kappa shape index (κ1) is 23.6. The van der Waals surface area contributed by atoms with Gasteiger partial charge in [-0.2, -0.15) is 0 Å². The average Bonchev–Trinajstić information content (AvgIpc) is 3.10. The smallest absolute Gasteiger partial charge is 0.321 e. The monoisotopic (exact) mass is 467 g/mol. The van der Waals surface area contributed by atoms with E-state index in [2.05, 4.69) is 19.2 Å². The highest BCUT2D eigenvalue weighted by atomic mass is 16.4. The molecule has 0 heterocycles.